The van der Waals surface area contributed by atoms with Crippen molar-refractivity contribution in [3.05, 3.63) is 64.1 Å². The van der Waals surface area contributed by atoms with E-state index in [9.17, 15) is 19.5 Å². The van der Waals surface area contributed by atoms with Crippen molar-refractivity contribution in [2.45, 2.75) is 13.8 Å². The van der Waals surface area contributed by atoms with Crippen LogP contribution >= 0.6 is 11.8 Å². The average molecular weight is 382 g/mol. The van der Waals surface area contributed by atoms with Crippen molar-refractivity contribution in [1.82, 2.24) is 4.90 Å². The van der Waals surface area contributed by atoms with E-state index in [4.69, 9.17) is 0 Å². The van der Waals surface area contributed by atoms with E-state index in [1.165, 1.54) is 18.2 Å². The van der Waals surface area contributed by atoms with Crippen LogP contribution in [-0.2, 0) is 9.59 Å². The van der Waals surface area contributed by atoms with Crippen molar-refractivity contribution in [2.24, 2.45) is 0 Å². The summed E-state index contributed by atoms with van der Waals surface area (Å²) in [6.07, 6.45) is 1.52. The molecule has 0 aromatic heterocycles. The van der Waals surface area contributed by atoms with Gasteiger partial charge >= 0.3 is 0 Å². The molecule has 1 aliphatic heterocycles. The number of benzene rings is 2. The van der Waals surface area contributed by atoms with Gasteiger partial charge in [-0.05, 0) is 72.6 Å². The number of thioether (sulfide) groups is 1. The van der Waals surface area contributed by atoms with Crippen LogP contribution in [0, 0.1) is 13.8 Å². The molecule has 7 heteroatoms. The lowest BCUT2D eigenvalue weighted by Crippen LogP contribution is -2.36. The smallest absolute Gasteiger partial charge is 0.294 e. The molecule has 3 amide bonds. The Balaban J connectivity index is 1.69. The normalized spacial score (nSPS) is 15.5. The zero-order valence-corrected chi connectivity index (χ0v) is 15.7. The van der Waals surface area contributed by atoms with Gasteiger partial charge in [-0.25, -0.2) is 0 Å². The Morgan fingerprint density at radius 2 is 1.93 bits per heavy atom. The molecule has 2 N–H and O–H groups in total. The monoisotopic (exact) mass is 382 g/mol. The van der Waals surface area contributed by atoms with Crippen LogP contribution in [0.1, 0.15) is 16.7 Å². The number of phenolic OH excluding ortho intramolecular Hbond substituents is 1. The van der Waals surface area contributed by atoms with Gasteiger partial charge in [-0.15, -0.1) is 0 Å². The van der Waals surface area contributed by atoms with Crippen LogP contribution < -0.4 is 5.32 Å². The second-order valence-corrected chi connectivity index (χ2v) is 7.20. The van der Waals surface area contributed by atoms with Gasteiger partial charge in [-0.1, -0.05) is 18.2 Å². The molecule has 1 fully saturated rings. The van der Waals surface area contributed by atoms with Gasteiger partial charge in [0.05, 0.1) is 4.91 Å². The molecule has 0 atom stereocenters. The fourth-order valence-electron chi connectivity index (χ4n) is 2.57. The number of phenols is 1. The van der Waals surface area contributed by atoms with Gasteiger partial charge < -0.3 is 10.4 Å². The molecule has 6 nitrogen and oxygen atoms in total. The summed E-state index contributed by atoms with van der Waals surface area (Å²) in [6, 6.07) is 11.9. The zero-order chi connectivity index (χ0) is 19.6. The summed E-state index contributed by atoms with van der Waals surface area (Å²) < 4.78 is 0. The maximum atomic E-state index is 12.5. The standard InChI is InChI=1S/C20H18N2O4S/c1-12-6-7-15(8-13(12)2)21-18(24)11-22-19(25)17(27-20(22)26)10-14-4-3-5-16(23)9-14/h3-10,23H,11H2,1-2H3,(H,21,24)/b17-10+. The molecule has 0 radical (unpaired) electrons. The number of rotatable bonds is 4. The summed E-state index contributed by atoms with van der Waals surface area (Å²) in [5.74, 6) is -0.904. The first-order chi connectivity index (χ1) is 12.8. The molecule has 0 bridgehead atoms. The number of carbonyl (C=O) groups excluding carboxylic acids is 3. The van der Waals surface area contributed by atoms with Crippen molar-refractivity contribution in [3.63, 3.8) is 0 Å². The van der Waals surface area contributed by atoms with Crippen LogP contribution in [0.3, 0.4) is 0 Å². The predicted octanol–water partition coefficient (Wildman–Crippen LogP) is 3.68. The number of hydrogen-bond acceptors (Lipinski definition) is 5. The summed E-state index contributed by atoms with van der Waals surface area (Å²) in [5.41, 5.74) is 3.36. The van der Waals surface area contributed by atoms with E-state index < -0.39 is 17.1 Å². The van der Waals surface area contributed by atoms with Crippen molar-refractivity contribution in [1.29, 1.82) is 0 Å². The Labute approximate surface area is 160 Å². The quantitative estimate of drug-likeness (QED) is 0.788. The third-order valence-electron chi connectivity index (χ3n) is 4.13. The predicted molar refractivity (Wildman–Crippen MR) is 105 cm³/mol. The summed E-state index contributed by atoms with van der Waals surface area (Å²) in [4.78, 5) is 38.0. The van der Waals surface area contributed by atoms with Crippen molar-refractivity contribution >= 4 is 40.6 Å². The molecule has 138 valence electrons. The Hall–Kier alpha value is -3.06. The minimum Gasteiger partial charge on any atom is -0.508 e. The number of amides is 3. The second kappa shape index (κ2) is 7.67. The molecule has 1 heterocycles. The van der Waals surface area contributed by atoms with Crippen molar-refractivity contribution in [3.8, 4) is 5.75 Å². The molecule has 2 aromatic rings. The number of imide groups is 1. The fraction of sp³-hybridized carbons (Fsp3) is 0.150. The van der Waals surface area contributed by atoms with Gasteiger partial charge in [-0.3, -0.25) is 19.3 Å². The van der Waals surface area contributed by atoms with Gasteiger partial charge in [-0.2, -0.15) is 0 Å². The SMILES string of the molecule is Cc1ccc(NC(=O)CN2C(=O)S/C(=C/c3cccc(O)c3)C2=O)cc1C. The van der Waals surface area contributed by atoms with E-state index in [0.29, 0.717) is 11.3 Å². The minimum atomic E-state index is -0.524. The molecule has 0 spiro atoms. The van der Waals surface area contributed by atoms with Crippen molar-refractivity contribution in [2.75, 3.05) is 11.9 Å². The molecule has 2 aromatic carbocycles. The number of hydrogen-bond donors (Lipinski definition) is 2. The number of nitrogens with zero attached hydrogens (tertiary/aromatic N) is 1. The first kappa shape index (κ1) is 18.7. The second-order valence-electron chi connectivity index (χ2n) is 6.21. The average Bonchev–Trinajstić information content (AvgIpc) is 2.86. The van der Waals surface area contributed by atoms with Crippen LogP contribution in [0.15, 0.2) is 47.4 Å². The largest absolute Gasteiger partial charge is 0.508 e. The molecular formula is C20H18N2O4S. The van der Waals surface area contributed by atoms with E-state index in [1.54, 1.807) is 18.2 Å². The van der Waals surface area contributed by atoms with E-state index >= 15 is 0 Å². The highest BCUT2D eigenvalue weighted by Gasteiger charge is 2.36. The fourth-order valence-corrected chi connectivity index (χ4v) is 3.40. The van der Waals surface area contributed by atoms with Crippen LogP contribution in [0.4, 0.5) is 10.5 Å². The molecule has 0 aliphatic carbocycles. The van der Waals surface area contributed by atoms with Gasteiger partial charge in [0.25, 0.3) is 11.1 Å². The highest BCUT2D eigenvalue weighted by Crippen LogP contribution is 2.32. The van der Waals surface area contributed by atoms with E-state index in [1.807, 2.05) is 26.0 Å². The number of anilines is 1. The number of carbonyl (C=O) groups is 3. The lowest BCUT2D eigenvalue weighted by molar-refractivity contribution is -0.127. The minimum absolute atomic E-state index is 0.0655. The molecule has 3 rings (SSSR count). The number of nitrogens with one attached hydrogen (secondary N) is 1. The van der Waals surface area contributed by atoms with E-state index in [0.717, 1.165) is 27.8 Å². The molecule has 0 saturated carbocycles. The van der Waals surface area contributed by atoms with E-state index in [-0.39, 0.29) is 17.2 Å². The van der Waals surface area contributed by atoms with Crippen LogP contribution in [-0.4, -0.2) is 33.6 Å². The van der Waals surface area contributed by atoms with Gasteiger partial charge in [0.2, 0.25) is 5.91 Å². The summed E-state index contributed by atoms with van der Waals surface area (Å²) in [7, 11) is 0. The van der Waals surface area contributed by atoms with Gasteiger partial charge in [0.1, 0.15) is 12.3 Å². The Morgan fingerprint density at radius 3 is 2.63 bits per heavy atom. The number of aromatic hydroxyl groups is 1. The summed E-state index contributed by atoms with van der Waals surface area (Å²) in [6.45, 7) is 3.56. The first-order valence-corrected chi connectivity index (χ1v) is 9.06. The van der Waals surface area contributed by atoms with Crippen LogP contribution in [0.5, 0.6) is 5.75 Å². The molecule has 1 saturated heterocycles. The van der Waals surface area contributed by atoms with Gasteiger partial charge in [0.15, 0.2) is 0 Å². The summed E-state index contributed by atoms with van der Waals surface area (Å²) >= 11 is 0.772. The highest BCUT2D eigenvalue weighted by molar-refractivity contribution is 8.18. The maximum Gasteiger partial charge on any atom is 0.294 e. The first-order valence-electron chi connectivity index (χ1n) is 8.25. The Kier molecular flexibility index (Phi) is 5.32. The molecular weight excluding hydrogens is 364 g/mol. The zero-order valence-electron chi connectivity index (χ0n) is 14.9. The molecule has 0 unspecified atom stereocenters. The van der Waals surface area contributed by atoms with Crippen LogP contribution in [0.25, 0.3) is 6.08 Å². The van der Waals surface area contributed by atoms with Gasteiger partial charge in [0, 0.05) is 5.69 Å². The third kappa shape index (κ3) is 4.38. The lowest BCUT2D eigenvalue weighted by atomic mass is 10.1. The summed E-state index contributed by atoms with van der Waals surface area (Å²) in [5, 5.41) is 11.7. The molecule has 1 aliphatic rings. The van der Waals surface area contributed by atoms with Crippen molar-refractivity contribution < 1.29 is 19.5 Å². The number of aryl methyl sites for hydroxylation is 2. The van der Waals surface area contributed by atoms with E-state index in [2.05, 4.69) is 5.32 Å². The molecule has 27 heavy (non-hydrogen) atoms. The Morgan fingerprint density at radius 1 is 1.15 bits per heavy atom. The van der Waals surface area contributed by atoms with Crippen LogP contribution in [0.2, 0.25) is 0 Å². The Bertz CT molecular complexity index is 968. The maximum absolute atomic E-state index is 12.5. The third-order valence-corrected chi connectivity index (χ3v) is 5.04. The topological polar surface area (TPSA) is 86.7 Å². The highest BCUT2D eigenvalue weighted by atomic mass is 32.2. The lowest BCUT2D eigenvalue weighted by Gasteiger charge is -2.13.